The minimum absolute atomic E-state index is 1.24. The van der Waals surface area contributed by atoms with Crippen LogP contribution in [0.2, 0.25) is 0 Å². The molecule has 1 heteroatoms. The van der Waals surface area contributed by atoms with Crippen molar-refractivity contribution in [2.45, 2.75) is 25.7 Å². The summed E-state index contributed by atoms with van der Waals surface area (Å²) < 4.78 is 0. The van der Waals surface area contributed by atoms with Crippen molar-refractivity contribution in [2.24, 2.45) is 0 Å². The van der Waals surface area contributed by atoms with Crippen LogP contribution in [0.5, 0.6) is 0 Å². The molecule has 2 aromatic rings. The number of hydrogen-bond acceptors (Lipinski definition) is 1. The number of fused-ring (bicyclic) bond motifs is 1. The highest BCUT2D eigenvalue weighted by Gasteiger charge is 2.11. The zero-order valence-electron chi connectivity index (χ0n) is 10.9. The summed E-state index contributed by atoms with van der Waals surface area (Å²) in [7, 11) is 2.14. The van der Waals surface area contributed by atoms with E-state index in [9.17, 15) is 0 Å². The molecule has 0 aromatic heterocycles. The van der Waals surface area contributed by atoms with E-state index >= 15 is 0 Å². The van der Waals surface area contributed by atoms with Crippen LogP contribution in [0.4, 0.5) is 11.4 Å². The molecule has 1 aliphatic carbocycles. The molecule has 0 fully saturated rings. The number of para-hydroxylation sites is 1. The number of hydrogen-bond donors (Lipinski definition) is 0. The van der Waals surface area contributed by atoms with E-state index in [1.807, 2.05) is 0 Å². The third-order valence-corrected chi connectivity index (χ3v) is 3.86. The molecule has 1 aliphatic rings. The van der Waals surface area contributed by atoms with Crippen molar-refractivity contribution >= 4 is 11.4 Å². The van der Waals surface area contributed by atoms with Gasteiger partial charge in [0.15, 0.2) is 0 Å². The highest BCUT2D eigenvalue weighted by Crippen LogP contribution is 2.29. The van der Waals surface area contributed by atoms with Crippen LogP contribution in [-0.4, -0.2) is 7.05 Å². The van der Waals surface area contributed by atoms with Crippen molar-refractivity contribution in [3.63, 3.8) is 0 Å². The minimum atomic E-state index is 1.24. The summed E-state index contributed by atoms with van der Waals surface area (Å²) in [6.45, 7) is 0. The molecule has 0 radical (unpaired) electrons. The predicted octanol–water partition coefficient (Wildman–Crippen LogP) is 4.33. The van der Waals surface area contributed by atoms with Gasteiger partial charge >= 0.3 is 0 Å². The summed E-state index contributed by atoms with van der Waals surface area (Å²) in [5.41, 5.74) is 5.63. The second-order valence-corrected chi connectivity index (χ2v) is 5.05. The molecule has 0 spiro atoms. The molecule has 0 saturated carbocycles. The molecule has 1 nitrogen and oxygen atoms in total. The van der Waals surface area contributed by atoms with Crippen LogP contribution in [-0.2, 0) is 12.8 Å². The fourth-order valence-corrected chi connectivity index (χ4v) is 2.73. The van der Waals surface area contributed by atoms with E-state index in [0.717, 1.165) is 0 Å². The van der Waals surface area contributed by atoms with Crippen LogP contribution in [0.3, 0.4) is 0 Å². The predicted molar refractivity (Wildman–Crippen MR) is 77.6 cm³/mol. The Balaban J connectivity index is 1.93. The zero-order chi connectivity index (χ0) is 12.4. The summed E-state index contributed by atoms with van der Waals surface area (Å²) in [6, 6.07) is 17.5. The van der Waals surface area contributed by atoms with Crippen LogP contribution < -0.4 is 4.90 Å². The van der Waals surface area contributed by atoms with Gasteiger partial charge in [-0.3, -0.25) is 0 Å². The van der Waals surface area contributed by atoms with Crippen LogP contribution >= 0.6 is 0 Å². The van der Waals surface area contributed by atoms with Gasteiger partial charge in [-0.1, -0.05) is 24.3 Å². The first kappa shape index (κ1) is 11.3. The Labute approximate surface area is 109 Å². The molecule has 0 unspecified atom stereocenters. The molecular weight excluding hydrogens is 218 g/mol. The largest absolute Gasteiger partial charge is 0.345 e. The Morgan fingerprint density at radius 3 is 2.28 bits per heavy atom. The standard InChI is InChI=1S/C17H19N/c1-18(16-9-3-2-4-10-16)17-12-11-14-7-5-6-8-15(14)13-17/h2-4,9-13H,5-8H2,1H3. The fourth-order valence-electron chi connectivity index (χ4n) is 2.73. The van der Waals surface area contributed by atoms with E-state index in [0.29, 0.717) is 0 Å². The first-order chi connectivity index (χ1) is 8.84. The van der Waals surface area contributed by atoms with Crippen molar-refractivity contribution in [3.8, 4) is 0 Å². The average molecular weight is 237 g/mol. The van der Waals surface area contributed by atoms with Crippen molar-refractivity contribution in [3.05, 3.63) is 59.7 Å². The van der Waals surface area contributed by atoms with E-state index in [2.05, 4.69) is 60.5 Å². The summed E-state index contributed by atoms with van der Waals surface area (Å²) in [5, 5.41) is 0. The average Bonchev–Trinajstić information content (AvgIpc) is 2.47. The number of anilines is 2. The molecule has 0 aliphatic heterocycles. The van der Waals surface area contributed by atoms with Crippen molar-refractivity contribution < 1.29 is 0 Å². The lowest BCUT2D eigenvalue weighted by Crippen LogP contribution is -2.11. The Hall–Kier alpha value is -1.76. The maximum absolute atomic E-state index is 2.36. The summed E-state index contributed by atoms with van der Waals surface area (Å²) >= 11 is 0. The first-order valence-corrected chi connectivity index (χ1v) is 6.75. The highest BCUT2D eigenvalue weighted by molar-refractivity contribution is 5.63. The van der Waals surface area contributed by atoms with Crippen LogP contribution in [0.15, 0.2) is 48.5 Å². The molecule has 0 bridgehead atoms. The van der Waals surface area contributed by atoms with E-state index in [1.165, 1.54) is 37.1 Å². The SMILES string of the molecule is CN(c1ccccc1)c1ccc2c(c1)CCCC2. The summed E-state index contributed by atoms with van der Waals surface area (Å²) in [6.07, 6.45) is 5.18. The Bertz CT molecular complexity index is 531. The minimum Gasteiger partial charge on any atom is -0.345 e. The summed E-state index contributed by atoms with van der Waals surface area (Å²) in [5.74, 6) is 0. The third-order valence-electron chi connectivity index (χ3n) is 3.86. The normalized spacial score (nSPS) is 14.1. The molecule has 0 saturated heterocycles. The molecule has 3 rings (SSSR count). The number of nitrogens with zero attached hydrogens (tertiary/aromatic N) is 1. The topological polar surface area (TPSA) is 3.24 Å². The van der Waals surface area contributed by atoms with Crippen molar-refractivity contribution in [2.75, 3.05) is 11.9 Å². The smallest absolute Gasteiger partial charge is 0.0411 e. The Morgan fingerprint density at radius 2 is 1.50 bits per heavy atom. The highest BCUT2D eigenvalue weighted by atomic mass is 15.1. The second kappa shape index (κ2) is 4.85. The molecule has 18 heavy (non-hydrogen) atoms. The van der Waals surface area contributed by atoms with Gasteiger partial charge in [0.1, 0.15) is 0 Å². The lowest BCUT2D eigenvalue weighted by atomic mass is 9.91. The van der Waals surface area contributed by atoms with Gasteiger partial charge in [-0.2, -0.15) is 0 Å². The lowest BCUT2D eigenvalue weighted by Gasteiger charge is -2.23. The van der Waals surface area contributed by atoms with E-state index in [-0.39, 0.29) is 0 Å². The number of benzene rings is 2. The van der Waals surface area contributed by atoms with Crippen LogP contribution in [0.25, 0.3) is 0 Å². The Morgan fingerprint density at radius 1 is 0.778 bits per heavy atom. The van der Waals surface area contributed by atoms with Gasteiger partial charge in [-0.05, 0) is 61.1 Å². The Kier molecular flexibility index (Phi) is 3.06. The van der Waals surface area contributed by atoms with Gasteiger partial charge in [0.25, 0.3) is 0 Å². The maximum Gasteiger partial charge on any atom is 0.0411 e. The molecule has 2 aromatic carbocycles. The summed E-state index contributed by atoms with van der Waals surface area (Å²) in [4.78, 5) is 2.26. The molecule has 92 valence electrons. The van der Waals surface area contributed by atoms with E-state index in [4.69, 9.17) is 0 Å². The molecular formula is C17H19N. The van der Waals surface area contributed by atoms with Crippen molar-refractivity contribution in [1.82, 2.24) is 0 Å². The maximum atomic E-state index is 2.36. The molecule has 0 N–H and O–H groups in total. The first-order valence-electron chi connectivity index (χ1n) is 6.75. The van der Waals surface area contributed by atoms with Gasteiger partial charge < -0.3 is 4.90 Å². The fraction of sp³-hybridized carbons (Fsp3) is 0.294. The van der Waals surface area contributed by atoms with Gasteiger partial charge in [0.05, 0.1) is 0 Å². The third kappa shape index (κ3) is 2.13. The van der Waals surface area contributed by atoms with Crippen molar-refractivity contribution in [1.29, 1.82) is 0 Å². The lowest BCUT2D eigenvalue weighted by molar-refractivity contribution is 0.685. The monoisotopic (exact) mass is 237 g/mol. The molecule has 0 amide bonds. The van der Waals surface area contributed by atoms with E-state index in [1.54, 1.807) is 11.1 Å². The second-order valence-electron chi connectivity index (χ2n) is 5.05. The number of aryl methyl sites for hydroxylation is 2. The van der Waals surface area contributed by atoms with Crippen LogP contribution in [0.1, 0.15) is 24.0 Å². The van der Waals surface area contributed by atoms with Crippen LogP contribution in [0, 0.1) is 0 Å². The van der Waals surface area contributed by atoms with Gasteiger partial charge in [-0.15, -0.1) is 0 Å². The number of rotatable bonds is 2. The molecule has 0 heterocycles. The quantitative estimate of drug-likeness (QED) is 0.751. The molecule has 0 atom stereocenters. The van der Waals surface area contributed by atoms with Gasteiger partial charge in [-0.25, -0.2) is 0 Å². The zero-order valence-corrected chi connectivity index (χ0v) is 10.9. The van der Waals surface area contributed by atoms with E-state index < -0.39 is 0 Å². The van der Waals surface area contributed by atoms with Gasteiger partial charge in [0.2, 0.25) is 0 Å². The van der Waals surface area contributed by atoms with Gasteiger partial charge in [0, 0.05) is 18.4 Å².